The van der Waals surface area contributed by atoms with Crippen LogP contribution in [0.4, 0.5) is 0 Å². The molecule has 0 spiro atoms. The first-order valence-electron chi connectivity index (χ1n) is 2.66. The van der Waals surface area contributed by atoms with Gasteiger partial charge in [0.25, 0.3) is 0 Å². The monoisotopic (exact) mass is 175 g/mol. The Morgan fingerprint density at radius 2 is 2.18 bits per heavy atom. The number of carbonyl (C=O) groups excluding carboxylic acids is 1. The molecule has 60 valence electrons. The van der Waals surface area contributed by atoms with Crippen LogP contribution in [0.25, 0.3) is 0 Å². The first-order chi connectivity index (χ1) is 5.07. The van der Waals surface area contributed by atoms with E-state index in [4.69, 9.17) is 5.11 Å². The standard InChI is InChI=1S/C5H6NO4P/c1-4(7)6(3-11-10)2-5(8)9/h2H2,1H3,(H,8,9). The Kier molecular flexibility index (Phi) is 4.27. The third-order valence-electron chi connectivity index (χ3n) is 0.835. The fourth-order valence-corrected chi connectivity index (χ4v) is 0.712. The van der Waals surface area contributed by atoms with E-state index in [-0.39, 0.29) is 0 Å². The number of nitrogens with zero attached hydrogens (tertiary/aromatic N) is 1. The molecule has 0 aromatic heterocycles. The van der Waals surface area contributed by atoms with Crippen molar-refractivity contribution in [3.05, 3.63) is 0 Å². The first kappa shape index (κ1) is 9.95. The van der Waals surface area contributed by atoms with Gasteiger partial charge >= 0.3 is 63.2 Å². The van der Waals surface area contributed by atoms with Crippen molar-refractivity contribution in [3.63, 3.8) is 0 Å². The predicted molar refractivity (Wildman–Crippen MR) is 36.5 cm³/mol. The number of aliphatic carboxylic acids is 1. The molecule has 0 aromatic rings. The fourth-order valence-electron chi connectivity index (χ4n) is 0.402. The van der Waals surface area contributed by atoms with Gasteiger partial charge in [0.2, 0.25) is 0 Å². The summed E-state index contributed by atoms with van der Waals surface area (Å²) < 4.78 is 9.90. The van der Waals surface area contributed by atoms with Crippen LogP contribution >= 0.6 is 7.92 Å². The Bertz CT molecular complexity index is 267. The van der Waals surface area contributed by atoms with Crippen molar-refractivity contribution in [2.45, 2.75) is 6.92 Å². The van der Waals surface area contributed by atoms with Crippen molar-refractivity contribution in [1.82, 2.24) is 4.90 Å². The van der Waals surface area contributed by atoms with E-state index in [9.17, 15) is 14.2 Å². The summed E-state index contributed by atoms with van der Waals surface area (Å²) in [5.74, 6) is 0.359. The van der Waals surface area contributed by atoms with Gasteiger partial charge in [-0.1, -0.05) is 0 Å². The quantitative estimate of drug-likeness (QED) is 0.478. The molecule has 0 fully saturated rings. The van der Waals surface area contributed by atoms with Crippen LogP contribution in [-0.2, 0) is 14.2 Å². The third-order valence-corrected chi connectivity index (χ3v) is 1.16. The second kappa shape index (κ2) is 4.72. The molecule has 6 heteroatoms. The van der Waals surface area contributed by atoms with Gasteiger partial charge in [-0.2, -0.15) is 0 Å². The molecule has 1 amide bonds. The van der Waals surface area contributed by atoms with Crippen LogP contribution in [-0.4, -0.2) is 28.4 Å². The number of carboxylic acid groups (broad SMARTS) is 1. The fraction of sp³-hybridized carbons (Fsp3) is 0.400. The number of amides is 1. The molecule has 0 aromatic carbocycles. The molecule has 0 aliphatic heterocycles. The predicted octanol–water partition coefficient (Wildman–Crippen LogP) is 0.128. The third kappa shape index (κ3) is 4.37. The molecule has 0 heterocycles. The van der Waals surface area contributed by atoms with Crippen molar-refractivity contribution < 1.29 is 19.3 Å². The van der Waals surface area contributed by atoms with Crippen LogP contribution in [0.15, 0.2) is 0 Å². The zero-order chi connectivity index (χ0) is 8.85. The van der Waals surface area contributed by atoms with Gasteiger partial charge < -0.3 is 0 Å². The minimum atomic E-state index is -1.17. The topological polar surface area (TPSA) is 74.7 Å². The van der Waals surface area contributed by atoms with Gasteiger partial charge in [0.15, 0.2) is 0 Å². The van der Waals surface area contributed by atoms with E-state index in [2.05, 4.69) is 0 Å². The summed E-state index contributed by atoms with van der Waals surface area (Å²) in [4.78, 5) is 21.3. The molecule has 0 saturated carbocycles. The Morgan fingerprint density at radius 3 is 2.45 bits per heavy atom. The van der Waals surface area contributed by atoms with Crippen molar-refractivity contribution >= 4 is 19.8 Å². The number of hydrogen-bond acceptors (Lipinski definition) is 3. The first-order valence-corrected chi connectivity index (χ1v) is 3.47. The van der Waals surface area contributed by atoms with E-state index in [1.807, 2.05) is 5.75 Å². The maximum absolute atomic E-state index is 10.5. The van der Waals surface area contributed by atoms with Gasteiger partial charge in [0.05, 0.1) is 0 Å². The summed E-state index contributed by atoms with van der Waals surface area (Å²) in [5, 5.41) is 8.22. The van der Waals surface area contributed by atoms with Crippen molar-refractivity contribution in [1.29, 1.82) is 0 Å². The van der Waals surface area contributed by atoms with E-state index in [0.717, 1.165) is 4.90 Å². The van der Waals surface area contributed by atoms with Crippen molar-refractivity contribution in [3.8, 4) is 5.75 Å². The second-order valence-corrected chi connectivity index (χ2v) is 2.07. The minimum absolute atomic E-state index is 0.503. The average Bonchev–Trinajstić information content (AvgIpc) is 1.86. The van der Waals surface area contributed by atoms with Crippen LogP contribution < -0.4 is 0 Å². The zero-order valence-electron chi connectivity index (χ0n) is 5.77. The van der Waals surface area contributed by atoms with E-state index >= 15 is 0 Å². The molecule has 0 bridgehead atoms. The zero-order valence-corrected chi connectivity index (χ0v) is 6.67. The van der Waals surface area contributed by atoms with Gasteiger partial charge in [-0.05, 0) is 0 Å². The molecule has 11 heavy (non-hydrogen) atoms. The molecule has 0 radical (unpaired) electrons. The number of hydrogen-bond donors (Lipinski definition) is 1. The molecule has 0 atom stereocenters. The van der Waals surface area contributed by atoms with Gasteiger partial charge in [0, 0.05) is 0 Å². The van der Waals surface area contributed by atoms with E-state index in [1.54, 1.807) is 0 Å². The molecule has 0 unspecified atom stereocenters. The normalized spacial score (nSPS) is 8.09. The van der Waals surface area contributed by atoms with Crippen molar-refractivity contribution in [2.75, 3.05) is 6.54 Å². The molecule has 0 aliphatic rings. The van der Waals surface area contributed by atoms with Gasteiger partial charge in [-0.15, -0.1) is 0 Å². The van der Waals surface area contributed by atoms with Gasteiger partial charge in [-0.25, -0.2) is 0 Å². The van der Waals surface area contributed by atoms with Crippen LogP contribution in [0.3, 0.4) is 0 Å². The summed E-state index contributed by atoms with van der Waals surface area (Å²) >= 11 is 0. The van der Waals surface area contributed by atoms with Crippen LogP contribution in [0, 0.1) is 5.75 Å². The summed E-state index contributed by atoms with van der Waals surface area (Å²) in [7, 11) is -0.503. The molecular weight excluding hydrogens is 169 g/mol. The summed E-state index contributed by atoms with van der Waals surface area (Å²) in [6.07, 6.45) is 0. The van der Waals surface area contributed by atoms with Gasteiger partial charge in [-0.3, -0.25) is 0 Å². The van der Waals surface area contributed by atoms with E-state index in [1.165, 1.54) is 6.92 Å². The second-order valence-electron chi connectivity index (χ2n) is 1.69. The SMILES string of the molecule is CC(=O)N(C#P=O)CC(=O)O. The maximum atomic E-state index is 10.5. The van der Waals surface area contributed by atoms with Crippen LogP contribution in [0.5, 0.6) is 0 Å². The van der Waals surface area contributed by atoms with Crippen LogP contribution in [0.1, 0.15) is 6.92 Å². The molecule has 5 nitrogen and oxygen atoms in total. The number of rotatable bonds is 2. The van der Waals surface area contributed by atoms with E-state index in [0.29, 0.717) is 0 Å². The van der Waals surface area contributed by atoms with Gasteiger partial charge in [0.1, 0.15) is 0 Å². The van der Waals surface area contributed by atoms with E-state index < -0.39 is 26.3 Å². The molecule has 0 saturated heterocycles. The number of carboxylic acids is 1. The molecular formula is C5H6NO4P. The number of carbonyl (C=O) groups is 2. The average molecular weight is 175 g/mol. The Balaban J connectivity index is 4.31. The Hall–Kier alpha value is -1.05. The summed E-state index contributed by atoms with van der Waals surface area (Å²) in [5.41, 5.74) is 0. The molecule has 0 rings (SSSR count). The summed E-state index contributed by atoms with van der Waals surface area (Å²) in [6.45, 7) is 0.658. The Labute approximate surface area is 64.1 Å². The van der Waals surface area contributed by atoms with Crippen molar-refractivity contribution in [2.24, 2.45) is 0 Å². The molecule has 0 aliphatic carbocycles. The van der Waals surface area contributed by atoms with Crippen LogP contribution in [0.2, 0.25) is 0 Å². The molecule has 1 N–H and O–H groups in total. The Morgan fingerprint density at radius 1 is 1.64 bits per heavy atom. The summed E-state index contributed by atoms with van der Waals surface area (Å²) in [6, 6.07) is 0.